The maximum absolute atomic E-state index is 6.12. The lowest BCUT2D eigenvalue weighted by Crippen LogP contribution is -1.93. The van der Waals surface area contributed by atoms with Gasteiger partial charge in [0.1, 0.15) is 11.5 Å². The molecule has 3 aromatic rings. The van der Waals surface area contributed by atoms with Crippen LogP contribution in [0.3, 0.4) is 0 Å². The fourth-order valence-corrected chi connectivity index (χ4v) is 2.97. The number of nitrogen functional groups attached to an aromatic ring is 1. The number of fused-ring (bicyclic) bond motifs is 1. The van der Waals surface area contributed by atoms with Gasteiger partial charge < -0.3 is 5.73 Å². The van der Waals surface area contributed by atoms with E-state index in [1.807, 2.05) is 28.1 Å². The second-order valence-corrected chi connectivity index (χ2v) is 5.15. The van der Waals surface area contributed by atoms with Crippen molar-refractivity contribution in [1.82, 2.24) is 9.38 Å². The number of pyridine rings is 1. The van der Waals surface area contributed by atoms with Crippen molar-refractivity contribution in [1.29, 1.82) is 0 Å². The number of rotatable bonds is 1. The molecule has 0 bridgehead atoms. The Balaban J connectivity index is 2.36. The van der Waals surface area contributed by atoms with Crippen LogP contribution in [0.2, 0.25) is 5.02 Å². The van der Waals surface area contributed by atoms with Crippen LogP contribution in [0.15, 0.2) is 29.8 Å². The Morgan fingerprint density at radius 1 is 1.41 bits per heavy atom. The summed E-state index contributed by atoms with van der Waals surface area (Å²) in [6, 6.07) is 5.73. The number of halogens is 1. The van der Waals surface area contributed by atoms with Gasteiger partial charge in [0.15, 0.2) is 5.65 Å². The van der Waals surface area contributed by atoms with Crippen LogP contribution in [0.1, 0.15) is 5.56 Å². The molecular weight excluding hydrogens is 254 g/mol. The molecule has 86 valence electrons. The van der Waals surface area contributed by atoms with Crippen LogP contribution in [0.25, 0.3) is 16.2 Å². The summed E-state index contributed by atoms with van der Waals surface area (Å²) >= 11 is 7.75. The maximum atomic E-state index is 6.12. The summed E-state index contributed by atoms with van der Waals surface area (Å²) in [5.41, 5.74) is 8.81. The highest BCUT2D eigenvalue weighted by Gasteiger charge is 2.15. The van der Waals surface area contributed by atoms with E-state index in [1.54, 1.807) is 11.3 Å². The van der Waals surface area contributed by atoms with Crippen LogP contribution < -0.4 is 5.73 Å². The predicted molar refractivity (Wildman–Crippen MR) is 72.7 cm³/mol. The molecule has 17 heavy (non-hydrogen) atoms. The number of aromatic nitrogens is 2. The molecule has 3 heterocycles. The van der Waals surface area contributed by atoms with Gasteiger partial charge in [0.2, 0.25) is 0 Å². The zero-order chi connectivity index (χ0) is 12.0. The molecule has 0 radical (unpaired) electrons. The summed E-state index contributed by atoms with van der Waals surface area (Å²) in [6.07, 6.45) is 1.87. The first-order chi connectivity index (χ1) is 8.18. The summed E-state index contributed by atoms with van der Waals surface area (Å²) < 4.78 is 1.82. The highest BCUT2D eigenvalue weighted by Crippen LogP contribution is 2.34. The molecule has 0 aliphatic heterocycles. The first-order valence-electron chi connectivity index (χ1n) is 5.15. The van der Waals surface area contributed by atoms with Gasteiger partial charge in [-0.05, 0) is 36.1 Å². The Morgan fingerprint density at radius 2 is 2.24 bits per heavy atom. The minimum Gasteiger partial charge on any atom is -0.383 e. The average Bonchev–Trinajstić information content (AvgIpc) is 2.85. The second-order valence-electron chi connectivity index (χ2n) is 3.83. The monoisotopic (exact) mass is 263 g/mol. The van der Waals surface area contributed by atoms with E-state index in [4.69, 9.17) is 17.3 Å². The number of hydrogen-bond donors (Lipinski definition) is 1. The fraction of sp³-hybridized carbons (Fsp3) is 0.0833. The largest absolute Gasteiger partial charge is 0.383 e. The zero-order valence-corrected chi connectivity index (χ0v) is 10.7. The van der Waals surface area contributed by atoms with Gasteiger partial charge in [-0.25, -0.2) is 4.98 Å². The molecule has 0 spiro atoms. The van der Waals surface area contributed by atoms with Crippen molar-refractivity contribution in [2.45, 2.75) is 6.92 Å². The van der Waals surface area contributed by atoms with Gasteiger partial charge in [-0.1, -0.05) is 11.6 Å². The highest BCUT2D eigenvalue weighted by atomic mass is 35.5. The van der Waals surface area contributed by atoms with E-state index in [0.717, 1.165) is 10.6 Å². The third kappa shape index (κ3) is 1.52. The van der Waals surface area contributed by atoms with Gasteiger partial charge in [-0.15, -0.1) is 11.3 Å². The van der Waals surface area contributed by atoms with Crippen LogP contribution in [-0.4, -0.2) is 9.38 Å². The van der Waals surface area contributed by atoms with Crippen LogP contribution in [-0.2, 0) is 0 Å². The number of hydrogen-bond acceptors (Lipinski definition) is 3. The number of nitrogens with two attached hydrogens (primary N) is 1. The van der Waals surface area contributed by atoms with E-state index in [-0.39, 0.29) is 0 Å². The first-order valence-corrected chi connectivity index (χ1v) is 6.41. The summed E-state index contributed by atoms with van der Waals surface area (Å²) in [5.74, 6) is 0.632. The van der Waals surface area contributed by atoms with E-state index < -0.39 is 0 Å². The number of thiophene rings is 1. The molecule has 0 saturated carbocycles. The van der Waals surface area contributed by atoms with Crippen molar-refractivity contribution < 1.29 is 0 Å². The Kier molecular flexibility index (Phi) is 2.34. The Labute approximate surface area is 107 Å². The molecule has 0 aromatic carbocycles. The van der Waals surface area contributed by atoms with Crippen molar-refractivity contribution >= 4 is 34.4 Å². The smallest absolute Gasteiger partial charge is 0.158 e. The molecule has 0 atom stereocenters. The Morgan fingerprint density at radius 3 is 2.88 bits per heavy atom. The molecule has 0 saturated heterocycles. The number of aryl methyl sites for hydroxylation is 1. The van der Waals surface area contributed by atoms with Crippen molar-refractivity contribution in [2.75, 3.05) is 5.73 Å². The van der Waals surface area contributed by atoms with Gasteiger partial charge in [0.05, 0.1) is 9.90 Å². The van der Waals surface area contributed by atoms with E-state index in [1.165, 1.54) is 5.56 Å². The first kappa shape index (κ1) is 10.6. The van der Waals surface area contributed by atoms with Gasteiger partial charge >= 0.3 is 0 Å². The molecule has 0 fully saturated rings. The van der Waals surface area contributed by atoms with E-state index in [2.05, 4.69) is 18.0 Å². The molecule has 5 heteroatoms. The van der Waals surface area contributed by atoms with Crippen molar-refractivity contribution in [3.63, 3.8) is 0 Å². The van der Waals surface area contributed by atoms with E-state index >= 15 is 0 Å². The van der Waals surface area contributed by atoms with Crippen molar-refractivity contribution in [3.8, 4) is 10.6 Å². The third-order valence-electron chi connectivity index (χ3n) is 2.72. The maximum Gasteiger partial charge on any atom is 0.158 e. The minimum atomic E-state index is 0.611. The second kappa shape index (κ2) is 3.75. The lowest BCUT2D eigenvalue weighted by molar-refractivity contribution is 1.20. The van der Waals surface area contributed by atoms with Gasteiger partial charge in [-0.3, -0.25) is 4.40 Å². The lowest BCUT2D eigenvalue weighted by Gasteiger charge is -1.98. The number of imidazole rings is 1. The Bertz CT molecular complexity index is 699. The minimum absolute atomic E-state index is 0.611. The van der Waals surface area contributed by atoms with Crippen molar-refractivity contribution in [2.24, 2.45) is 0 Å². The summed E-state index contributed by atoms with van der Waals surface area (Å²) in [5, 5.41) is 2.65. The number of nitrogens with zero attached hydrogens (tertiary/aromatic N) is 2. The summed E-state index contributed by atoms with van der Waals surface area (Å²) in [7, 11) is 0. The fourth-order valence-electron chi connectivity index (χ4n) is 1.84. The van der Waals surface area contributed by atoms with Gasteiger partial charge in [-0.2, -0.15) is 0 Å². The highest BCUT2D eigenvalue weighted by molar-refractivity contribution is 7.13. The molecule has 0 aliphatic rings. The quantitative estimate of drug-likeness (QED) is 0.729. The molecule has 3 aromatic heterocycles. The molecular formula is C12H10ClN3S. The van der Waals surface area contributed by atoms with Crippen LogP contribution in [0, 0.1) is 6.92 Å². The average molecular weight is 264 g/mol. The van der Waals surface area contributed by atoms with E-state index in [0.29, 0.717) is 16.5 Å². The van der Waals surface area contributed by atoms with E-state index in [9.17, 15) is 0 Å². The SMILES string of the molecule is Cc1ccsc1-c1nc2c(Cl)cccn2c1N. The zero-order valence-electron chi connectivity index (χ0n) is 9.14. The predicted octanol–water partition coefficient (Wildman–Crippen LogP) is 3.61. The summed E-state index contributed by atoms with van der Waals surface area (Å²) in [4.78, 5) is 5.63. The molecule has 0 aliphatic carbocycles. The van der Waals surface area contributed by atoms with Crippen molar-refractivity contribution in [3.05, 3.63) is 40.4 Å². The molecule has 2 N–H and O–H groups in total. The third-order valence-corrected chi connectivity index (χ3v) is 4.03. The Hall–Kier alpha value is -1.52. The molecule has 3 nitrogen and oxygen atoms in total. The molecule has 0 unspecified atom stereocenters. The van der Waals surface area contributed by atoms with Crippen LogP contribution >= 0.6 is 22.9 Å². The summed E-state index contributed by atoms with van der Waals surface area (Å²) in [6.45, 7) is 2.05. The molecule has 0 amide bonds. The van der Waals surface area contributed by atoms with Crippen LogP contribution in [0.5, 0.6) is 0 Å². The van der Waals surface area contributed by atoms with Gasteiger partial charge in [0.25, 0.3) is 0 Å². The number of anilines is 1. The van der Waals surface area contributed by atoms with Crippen LogP contribution in [0.4, 0.5) is 5.82 Å². The standard InChI is InChI=1S/C12H10ClN3S/c1-7-4-6-17-10(7)9-11(14)16-5-2-3-8(13)12(16)15-9/h2-6H,14H2,1H3. The van der Waals surface area contributed by atoms with Gasteiger partial charge in [0, 0.05) is 6.20 Å². The molecule has 3 rings (SSSR count). The topological polar surface area (TPSA) is 43.3 Å². The lowest BCUT2D eigenvalue weighted by atomic mass is 10.2. The normalized spacial score (nSPS) is 11.2.